The van der Waals surface area contributed by atoms with Crippen molar-refractivity contribution in [1.82, 2.24) is 0 Å². The molecule has 1 fully saturated rings. The zero-order chi connectivity index (χ0) is 14.1. The molecule has 2 aliphatic rings. The van der Waals surface area contributed by atoms with Crippen molar-refractivity contribution in [3.8, 4) is 0 Å². The van der Waals surface area contributed by atoms with E-state index in [2.05, 4.69) is 41.7 Å². The molecule has 1 aliphatic heterocycles. The number of nitrogens with one attached hydrogen (secondary N) is 1. The molecule has 0 spiro atoms. The second-order valence-corrected chi connectivity index (χ2v) is 6.41. The van der Waals surface area contributed by atoms with Crippen LogP contribution in [-0.2, 0) is 0 Å². The van der Waals surface area contributed by atoms with E-state index in [9.17, 15) is 0 Å². The van der Waals surface area contributed by atoms with Gasteiger partial charge in [0.1, 0.15) is 5.84 Å². The number of amidine groups is 1. The van der Waals surface area contributed by atoms with E-state index < -0.39 is 0 Å². The molecule has 1 N–H and O–H groups in total. The topological polar surface area (TPSA) is 24.4 Å². The molecule has 4 rings (SSSR count). The van der Waals surface area contributed by atoms with Crippen LogP contribution in [0, 0.1) is 5.92 Å². The predicted octanol–water partition coefficient (Wildman–Crippen LogP) is 5.66. The molecule has 2 heteroatoms. The first kappa shape index (κ1) is 12.9. The van der Waals surface area contributed by atoms with Crippen LogP contribution < -0.4 is 5.32 Å². The van der Waals surface area contributed by atoms with E-state index in [0.29, 0.717) is 0 Å². The molecule has 21 heavy (non-hydrogen) atoms. The van der Waals surface area contributed by atoms with Crippen molar-refractivity contribution in [2.24, 2.45) is 10.9 Å². The quantitative estimate of drug-likeness (QED) is 0.770. The Labute approximate surface area is 126 Å². The third-order valence-electron chi connectivity index (χ3n) is 4.93. The van der Waals surface area contributed by atoms with Crippen LogP contribution in [0.15, 0.2) is 41.4 Å². The summed E-state index contributed by atoms with van der Waals surface area (Å²) in [5.41, 5.74) is 2.34. The Balaban J connectivity index is 1.55. The summed E-state index contributed by atoms with van der Waals surface area (Å²) in [4.78, 5) is 4.85. The van der Waals surface area contributed by atoms with Crippen molar-refractivity contribution in [3.05, 3.63) is 36.4 Å². The normalized spacial score (nSPS) is 18.4. The van der Waals surface area contributed by atoms with Gasteiger partial charge >= 0.3 is 0 Å². The Morgan fingerprint density at radius 2 is 1.81 bits per heavy atom. The molecule has 0 radical (unpaired) electrons. The highest BCUT2D eigenvalue weighted by Crippen LogP contribution is 2.36. The first-order valence-corrected chi connectivity index (χ1v) is 8.26. The number of hydrogen-bond donors (Lipinski definition) is 1. The summed E-state index contributed by atoms with van der Waals surface area (Å²) in [6.45, 7) is 0. The van der Waals surface area contributed by atoms with Gasteiger partial charge in [0.2, 0.25) is 0 Å². The van der Waals surface area contributed by atoms with Gasteiger partial charge in [0, 0.05) is 17.5 Å². The van der Waals surface area contributed by atoms with Crippen molar-refractivity contribution in [2.75, 3.05) is 5.32 Å². The van der Waals surface area contributed by atoms with E-state index in [1.54, 1.807) is 0 Å². The van der Waals surface area contributed by atoms with E-state index in [4.69, 9.17) is 4.99 Å². The van der Waals surface area contributed by atoms with Gasteiger partial charge in [-0.25, -0.2) is 4.99 Å². The highest BCUT2D eigenvalue weighted by Gasteiger charge is 2.17. The van der Waals surface area contributed by atoms with Crippen molar-refractivity contribution < 1.29 is 0 Å². The highest BCUT2D eigenvalue weighted by molar-refractivity contribution is 6.13. The number of nitrogens with zero attached hydrogens (tertiary/aromatic N) is 1. The maximum atomic E-state index is 4.85. The Hall–Kier alpha value is -1.83. The van der Waals surface area contributed by atoms with Crippen LogP contribution in [0.25, 0.3) is 10.8 Å². The third-order valence-corrected chi connectivity index (χ3v) is 4.93. The Morgan fingerprint density at radius 1 is 1.00 bits per heavy atom. The first-order chi connectivity index (χ1) is 10.4. The lowest BCUT2D eigenvalue weighted by Crippen LogP contribution is -2.17. The van der Waals surface area contributed by atoms with Gasteiger partial charge in [0.05, 0.1) is 5.69 Å². The molecule has 0 amide bonds. The van der Waals surface area contributed by atoms with Crippen LogP contribution in [0.5, 0.6) is 0 Å². The minimum Gasteiger partial charge on any atom is -0.343 e. The first-order valence-electron chi connectivity index (χ1n) is 8.26. The van der Waals surface area contributed by atoms with Crippen LogP contribution in [0.2, 0.25) is 0 Å². The fourth-order valence-corrected chi connectivity index (χ4v) is 3.78. The van der Waals surface area contributed by atoms with Gasteiger partial charge in [0.25, 0.3) is 0 Å². The van der Waals surface area contributed by atoms with Gasteiger partial charge in [-0.1, -0.05) is 56.4 Å². The number of benzene rings is 2. The number of aliphatic imine (C=N–C) groups is 1. The molecule has 2 aromatic carbocycles. The highest BCUT2D eigenvalue weighted by atomic mass is 15.0. The molecule has 108 valence electrons. The fraction of sp³-hybridized carbons (Fsp3) is 0.421. The van der Waals surface area contributed by atoms with Gasteiger partial charge in [-0.2, -0.15) is 0 Å². The summed E-state index contributed by atoms with van der Waals surface area (Å²) in [5, 5.41) is 6.09. The summed E-state index contributed by atoms with van der Waals surface area (Å²) in [7, 11) is 0. The van der Waals surface area contributed by atoms with Gasteiger partial charge in [-0.05, 0) is 29.9 Å². The summed E-state index contributed by atoms with van der Waals surface area (Å²) in [6, 6.07) is 12.8. The van der Waals surface area contributed by atoms with Crippen LogP contribution >= 0.6 is 0 Å². The Kier molecular flexibility index (Phi) is 3.38. The van der Waals surface area contributed by atoms with Gasteiger partial charge in [0.15, 0.2) is 0 Å². The standard InChI is InChI=1S/C19H22N2/c1-2-6-14(7-3-1)12-13-18-20-16-10-4-8-15-9-5-11-17(21-18)19(15)16/h4-5,8-11,14H,1-3,6-7,12-13H2,(H,20,21). The Bertz CT molecular complexity index is 676. The van der Waals surface area contributed by atoms with Crippen molar-refractivity contribution >= 4 is 28.0 Å². The second-order valence-electron chi connectivity index (χ2n) is 6.41. The van der Waals surface area contributed by atoms with Crippen LogP contribution in [0.4, 0.5) is 11.4 Å². The lowest BCUT2D eigenvalue weighted by molar-refractivity contribution is 0.343. The number of anilines is 1. The molecule has 0 bridgehead atoms. The van der Waals surface area contributed by atoms with Crippen LogP contribution in [0.1, 0.15) is 44.9 Å². The van der Waals surface area contributed by atoms with E-state index in [1.807, 2.05) is 0 Å². The molecule has 0 saturated heterocycles. The number of hydrogen-bond acceptors (Lipinski definition) is 2. The van der Waals surface area contributed by atoms with Gasteiger partial charge < -0.3 is 5.32 Å². The largest absolute Gasteiger partial charge is 0.343 e. The summed E-state index contributed by atoms with van der Waals surface area (Å²) < 4.78 is 0. The third kappa shape index (κ3) is 2.55. The molecule has 1 heterocycles. The molecular weight excluding hydrogens is 256 g/mol. The molecule has 2 aromatic rings. The van der Waals surface area contributed by atoms with Gasteiger partial charge in [-0.3, -0.25) is 0 Å². The van der Waals surface area contributed by atoms with E-state index >= 15 is 0 Å². The Morgan fingerprint density at radius 3 is 2.67 bits per heavy atom. The van der Waals surface area contributed by atoms with Crippen molar-refractivity contribution in [3.63, 3.8) is 0 Å². The molecular formula is C19H22N2. The molecule has 0 unspecified atom stereocenters. The lowest BCUT2D eigenvalue weighted by atomic mass is 9.86. The SMILES string of the molecule is c1cc2c3c(cccc3c1)NC(CCC1CCCCC1)=N2. The summed E-state index contributed by atoms with van der Waals surface area (Å²) >= 11 is 0. The molecule has 0 atom stereocenters. The van der Waals surface area contributed by atoms with Crippen LogP contribution in [0.3, 0.4) is 0 Å². The summed E-state index contributed by atoms with van der Waals surface area (Å²) in [6.07, 6.45) is 9.47. The van der Waals surface area contributed by atoms with Crippen molar-refractivity contribution in [1.29, 1.82) is 0 Å². The monoisotopic (exact) mass is 278 g/mol. The maximum absolute atomic E-state index is 4.85. The predicted molar refractivity (Wildman–Crippen MR) is 90.5 cm³/mol. The summed E-state index contributed by atoms with van der Waals surface area (Å²) in [5.74, 6) is 2.06. The average Bonchev–Trinajstić information content (AvgIpc) is 2.54. The maximum Gasteiger partial charge on any atom is 0.107 e. The van der Waals surface area contributed by atoms with E-state index in [0.717, 1.165) is 23.9 Å². The van der Waals surface area contributed by atoms with Gasteiger partial charge in [-0.15, -0.1) is 0 Å². The second kappa shape index (κ2) is 5.51. The fourth-order valence-electron chi connectivity index (χ4n) is 3.78. The zero-order valence-corrected chi connectivity index (χ0v) is 12.4. The molecule has 1 saturated carbocycles. The molecule has 1 aliphatic carbocycles. The molecule has 0 aromatic heterocycles. The smallest absolute Gasteiger partial charge is 0.107 e. The zero-order valence-electron chi connectivity index (χ0n) is 12.4. The van der Waals surface area contributed by atoms with E-state index in [-0.39, 0.29) is 0 Å². The van der Waals surface area contributed by atoms with E-state index in [1.165, 1.54) is 55.0 Å². The lowest BCUT2D eigenvalue weighted by Gasteiger charge is -2.23. The molecule has 2 nitrogen and oxygen atoms in total. The number of rotatable bonds is 3. The minimum absolute atomic E-state index is 0.913. The minimum atomic E-state index is 0.913. The average molecular weight is 278 g/mol. The van der Waals surface area contributed by atoms with Crippen molar-refractivity contribution in [2.45, 2.75) is 44.9 Å². The van der Waals surface area contributed by atoms with Crippen LogP contribution in [-0.4, -0.2) is 5.84 Å².